The van der Waals surface area contributed by atoms with Crippen LogP contribution in [0.5, 0.6) is 0 Å². The van der Waals surface area contributed by atoms with E-state index < -0.39 is 5.25 Å². The maximum absolute atomic E-state index is 12.2. The highest BCUT2D eigenvalue weighted by Gasteiger charge is 2.32. The molecule has 0 spiro atoms. The summed E-state index contributed by atoms with van der Waals surface area (Å²) in [6.07, 6.45) is 0.0171. The molecular formula is C17H13Cl2N3O2S. The van der Waals surface area contributed by atoms with Crippen molar-refractivity contribution in [3.8, 4) is 0 Å². The molecule has 2 amide bonds. The Hall–Kier alpha value is -2.02. The summed E-state index contributed by atoms with van der Waals surface area (Å²) >= 11 is 13.1. The lowest BCUT2D eigenvalue weighted by Crippen LogP contribution is -2.28. The highest BCUT2D eigenvalue weighted by Crippen LogP contribution is 2.28. The number of hydrogen-bond acceptors (Lipinski definition) is 4. The molecule has 5 nitrogen and oxygen atoms in total. The van der Waals surface area contributed by atoms with Crippen LogP contribution in [0, 0.1) is 0 Å². The Morgan fingerprint density at radius 1 is 1.20 bits per heavy atom. The van der Waals surface area contributed by atoms with Crippen molar-refractivity contribution in [3.63, 3.8) is 0 Å². The standard InChI is InChI=1S/C17H13Cl2N3O2S/c18-10-6-7-13(12(19)8-10)21-15(23)9-14-16(24)22-17(25-14)20-11-4-2-1-3-5-11/h1-8,14H,9H2,(H,21,23)(H,20,22,24)/t14-/m1/s1. The van der Waals surface area contributed by atoms with Gasteiger partial charge in [0.25, 0.3) is 0 Å². The summed E-state index contributed by atoms with van der Waals surface area (Å²) in [5.41, 5.74) is 1.20. The first-order valence-corrected chi connectivity index (χ1v) is 9.01. The van der Waals surface area contributed by atoms with Gasteiger partial charge in [-0.05, 0) is 30.3 Å². The number of amides is 2. The highest BCUT2D eigenvalue weighted by molar-refractivity contribution is 8.15. The largest absolute Gasteiger partial charge is 0.325 e. The fourth-order valence-corrected chi connectivity index (χ4v) is 3.62. The Labute approximate surface area is 158 Å². The lowest BCUT2D eigenvalue weighted by atomic mass is 10.2. The summed E-state index contributed by atoms with van der Waals surface area (Å²) < 4.78 is 0. The van der Waals surface area contributed by atoms with Crippen LogP contribution >= 0.6 is 35.0 Å². The minimum absolute atomic E-state index is 0.0171. The van der Waals surface area contributed by atoms with E-state index in [0.717, 1.165) is 5.69 Å². The molecule has 1 fully saturated rings. The number of carbonyl (C=O) groups excluding carboxylic acids is 2. The zero-order chi connectivity index (χ0) is 17.8. The van der Waals surface area contributed by atoms with E-state index in [9.17, 15) is 9.59 Å². The van der Waals surface area contributed by atoms with Gasteiger partial charge in [0.05, 0.1) is 16.4 Å². The molecule has 2 N–H and O–H groups in total. The van der Waals surface area contributed by atoms with Gasteiger partial charge in [0.15, 0.2) is 5.17 Å². The van der Waals surface area contributed by atoms with Crippen LogP contribution in [-0.2, 0) is 9.59 Å². The molecule has 1 saturated heterocycles. The molecule has 1 aliphatic heterocycles. The van der Waals surface area contributed by atoms with Crippen molar-refractivity contribution < 1.29 is 9.59 Å². The molecule has 2 aromatic carbocycles. The van der Waals surface area contributed by atoms with E-state index in [4.69, 9.17) is 23.2 Å². The third-order valence-corrected chi connectivity index (χ3v) is 4.97. The molecule has 0 bridgehead atoms. The van der Waals surface area contributed by atoms with Gasteiger partial charge in [0, 0.05) is 11.4 Å². The highest BCUT2D eigenvalue weighted by atomic mass is 35.5. The Kier molecular flexibility index (Phi) is 5.63. The molecule has 0 saturated carbocycles. The van der Waals surface area contributed by atoms with Crippen LogP contribution in [0.1, 0.15) is 6.42 Å². The molecule has 1 heterocycles. The van der Waals surface area contributed by atoms with Crippen molar-refractivity contribution in [1.82, 2.24) is 5.32 Å². The molecular weight excluding hydrogens is 381 g/mol. The van der Waals surface area contributed by atoms with Gasteiger partial charge in [-0.15, -0.1) is 0 Å². The second-order valence-corrected chi connectivity index (χ2v) is 7.26. The number of halogens is 2. The van der Waals surface area contributed by atoms with Gasteiger partial charge in [0.2, 0.25) is 11.8 Å². The van der Waals surface area contributed by atoms with Crippen molar-refractivity contribution in [2.45, 2.75) is 11.7 Å². The van der Waals surface area contributed by atoms with Gasteiger partial charge in [0.1, 0.15) is 5.25 Å². The third kappa shape index (κ3) is 4.75. The van der Waals surface area contributed by atoms with Crippen LogP contribution in [0.25, 0.3) is 0 Å². The first kappa shape index (κ1) is 17.8. The number of para-hydroxylation sites is 1. The lowest BCUT2D eigenvalue weighted by Gasteiger charge is -2.09. The van der Waals surface area contributed by atoms with Gasteiger partial charge >= 0.3 is 0 Å². The number of nitrogens with zero attached hydrogens (tertiary/aromatic N) is 1. The first-order valence-electron chi connectivity index (χ1n) is 7.37. The minimum atomic E-state index is -0.534. The number of anilines is 1. The molecule has 0 aliphatic carbocycles. The Balaban J connectivity index is 1.62. The molecule has 128 valence electrons. The van der Waals surface area contributed by atoms with E-state index >= 15 is 0 Å². The number of hydrogen-bond donors (Lipinski definition) is 2. The van der Waals surface area contributed by atoms with Crippen LogP contribution in [0.3, 0.4) is 0 Å². The first-order chi connectivity index (χ1) is 12.0. The van der Waals surface area contributed by atoms with Gasteiger partial charge in [-0.1, -0.05) is 53.2 Å². The zero-order valence-corrected chi connectivity index (χ0v) is 15.2. The molecule has 8 heteroatoms. The predicted octanol–water partition coefficient (Wildman–Crippen LogP) is 4.24. The quantitative estimate of drug-likeness (QED) is 0.815. The van der Waals surface area contributed by atoms with E-state index in [-0.39, 0.29) is 18.2 Å². The van der Waals surface area contributed by atoms with Crippen LogP contribution in [0.15, 0.2) is 53.5 Å². The lowest BCUT2D eigenvalue weighted by molar-refractivity contribution is -0.122. The number of amidine groups is 1. The molecule has 0 radical (unpaired) electrons. The van der Waals surface area contributed by atoms with Crippen molar-refractivity contribution in [1.29, 1.82) is 0 Å². The second kappa shape index (κ2) is 7.91. The molecule has 1 aliphatic rings. The number of rotatable bonds is 4. The summed E-state index contributed by atoms with van der Waals surface area (Å²) in [5.74, 6) is -0.546. The summed E-state index contributed by atoms with van der Waals surface area (Å²) in [7, 11) is 0. The monoisotopic (exact) mass is 393 g/mol. The zero-order valence-electron chi connectivity index (χ0n) is 12.8. The van der Waals surface area contributed by atoms with E-state index in [1.165, 1.54) is 11.8 Å². The Morgan fingerprint density at radius 3 is 2.68 bits per heavy atom. The summed E-state index contributed by atoms with van der Waals surface area (Å²) in [4.78, 5) is 28.6. The molecule has 2 aromatic rings. The number of thioether (sulfide) groups is 1. The van der Waals surface area contributed by atoms with Crippen LogP contribution < -0.4 is 10.6 Å². The predicted molar refractivity (Wildman–Crippen MR) is 103 cm³/mol. The van der Waals surface area contributed by atoms with Gasteiger partial charge in [-0.25, -0.2) is 4.99 Å². The average Bonchev–Trinajstić information content (AvgIpc) is 2.90. The SMILES string of the molecule is O=C(C[C@H]1SC(=Nc2ccccc2)NC1=O)Nc1ccc(Cl)cc1Cl. The number of aliphatic imine (C=N–C) groups is 1. The Morgan fingerprint density at radius 2 is 1.96 bits per heavy atom. The Bertz CT molecular complexity index is 843. The van der Waals surface area contributed by atoms with Gasteiger partial charge in [-0.2, -0.15) is 0 Å². The summed E-state index contributed by atoms with van der Waals surface area (Å²) in [6.45, 7) is 0. The number of benzene rings is 2. The number of carbonyl (C=O) groups is 2. The van der Waals surface area contributed by atoms with E-state index in [0.29, 0.717) is 20.9 Å². The van der Waals surface area contributed by atoms with E-state index in [1.54, 1.807) is 18.2 Å². The summed E-state index contributed by atoms with van der Waals surface area (Å²) in [6, 6.07) is 14.1. The van der Waals surface area contributed by atoms with Crippen LogP contribution in [-0.4, -0.2) is 22.2 Å². The van der Waals surface area contributed by atoms with E-state index in [1.807, 2.05) is 30.3 Å². The molecule has 3 rings (SSSR count). The van der Waals surface area contributed by atoms with Crippen LogP contribution in [0.2, 0.25) is 10.0 Å². The second-order valence-electron chi connectivity index (χ2n) is 5.22. The maximum Gasteiger partial charge on any atom is 0.240 e. The van der Waals surface area contributed by atoms with Crippen molar-refractivity contribution >= 4 is 63.3 Å². The van der Waals surface area contributed by atoms with Gasteiger partial charge < -0.3 is 10.6 Å². The molecule has 0 aromatic heterocycles. The van der Waals surface area contributed by atoms with Crippen LogP contribution in [0.4, 0.5) is 11.4 Å². The minimum Gasteiger partial charge on any atom is -0.325 e. The van der Waals surface area contributed by atoms with Crippen molar-refractivity contribution in [2.75, 3.05) is 5.32 Å². The fraction of sp³-hybridized carbons (Fsp3) is 0.118. The topological polar surface area (TPSA) is 70.6 Å². The normalized spacial score (nSPS) is 18.2. The van der Waals surface area contributed by atoms with E-state index in [2.05, 4.69) is 15.6 Å². The van der Waals surface area contributed by atoms with Crippen molar-refractivity contribution in [3.05, 3.63) is 58.6 Å². The third-order valence-electron chi connectivity index (χ3n) is 3.34. The summed E-state index contributed by atoms with van der Waals surface area (Å²) in [5, 5.41) is 6.15. The molecule has 25 heavy (non-hydrogen) atoms. The maximum atomic E-state index is 12.2. The van der Waals surface area contributed by atoms with Gasteiger partial charge in [-0.3, -0.25) is 9.59 Å². The molecule has 0 unspecified atom stereocenters. The van der Waals surface area contributed by atoms with Crippen molar-refractivity contribution in [2.24, 2.45) is 4.99 Å². The number of nitrogens with one attached hydrogen (secondary N) is 2. The molecule has 1 atom stereocenters. The smallest absolute Gasteiger partial charge is 0.240 e. The fourth-order valence-electron chi connectivity index (χ4n) is 2.17. The average molecular weight is 394 g/mol.